The van der Waals surface area contributed by atoms with Gasteiger partial charge in [0.25, 0.3) is 0 Å². The van der Waals surface area contributed by atoms with Gasteiger partial charge in [-0.15, -0.1) is 0 Å². The number of hydrogen-bond donors (Lipinski definition) is 1. The standard InChI is InChI=1S/C19H25NO/c1-5-21-19-9-7-6-8-16(19)18(20)12-17-14(3)10-13(2)11-15(17)4/h6-11,18H,5,12,20H2,1-4H3. The zero-order valence-electron chi connectivity index (χ0n) is 13.4. The van der Waals surface area contributed by atoms with Crippen LogP contribution in [0.1, 0.15) is 40.8 Å². The quantitative estimate of drug-likeness (QED) is 0.890. The lowest BCUT2D eigenvalue weighted by Crippen LogP contribution is -2.16. The van der Waals surface area contributed by atoms with Gasteiger partial charge in [-0.2, -0.15) is 0 Å². The molecule has 2 rings (SSSR count). The lowest BCUT2D eigenvalue weighted by Gasteiger charge is -2.19. The Labute approximate surface area is 127 Å². The normalized spacial score (nSPS) is 12.2. The van der Waals surface area contributed by atoms with E-state index in [2.05, 4.69) is 39.0 Å². The van der Waals surface area contributed by atoms with E-state index in [1.54, 1.807) is 0 Å². The molecule has 2 nitrogen and oxygen atoms in total. The molecule has 2 heteroatoms. The van der Waals surface area contributed by atoms with Crippen LogP contribution < -0.4 is 10.5 Å². The minimum atomic E-state index is -0.0483. The van der Waals surface area contributed by atoms with Crippen molar-refractivity contribution in [3.05, 3.63) is 64.2 Å². The van der Waals surface area contributed by atoms with Gasteiger partial charge in [-0.25, -0.2) is 0 Å². The van der Waals surface area contributed by atoms with Crippen LogP contribution in [-0.4, -0.2) is 6.61 Å². The van der Waals surface area contributed by atoms with Gasteiger partial charge in [0, 0.05) is 11.6 Å². The van der Waals surface area contributed by atoms with Crippen LogP contribution in [0.15, 0.2) is 36.4 Å². The van der Waals surface area contributed by atoms with Crippen LogP contribution in [0.4, 0.5) is 0 Å². The van der Waals surface area contributed by atoms with Gasteiger partial charge in [0.2, 0.25) is 0 Å². The van der Waals surface area contributed by atoms with Gasteiger partial charge in [-0.05, 0) is 56.9 Å². The average molecular weight is 283 g/mol. The monoisotopic (exact) mass is 283 g/mol. The molecule has 0 aliphatic rings. The molecule has 0 saturated heterocycles. The molecule has 0 amide bonds. The molecular formula is C19H25NO. The lowest BCUT2D eigenvalue weighted by molar-refractivity contribution is 0.334. The van der Waals surface area contributed by atoms with Crippen molar-refractivity contribution in [3.63, 3.8) is 0 Å². The average Bonchev–Trinajstić information content (AvgIpc) is 2.43. The molecule has 2 aromatic rings. The van der Waals surface area contributed by atoms with E-state index in [9.17, 15) is 0 Å². The van der Waals surface area contributed by atoms with E-state index in [1.807, 2.05) is 25.1 Å². The summed E-state index contributed by atoms with van der Waals surface area (Å²) in [7, 11) is 0. The molecule has 0 spiro atoms. The first-order valence-corrected chi connectivity index (χ1v) is 7.57. The zero-order valence-corrected chi connectivity index (χ0v) is 13.4. The molecule has 0 saturated carbocycles. The van der Waals surface area contributed by atoms with Gasteiger partial charge < -0.3 is 10.5 Å². The van der Waals surface area contributed by atoms with Crippen molar-refractivity contribution in [2.45, 2.75) is 40.2 Å². The minimum Gasteiger partial charge on any atom is -0.494 e. The summed E-state index contributed by atoms with van der Waals surface area (Å²) in [6.07, 6.45) is 0.835. The van der Waals surface area contributed by atoms with Crippen LogP contribution in [0.3, 0.4) is 0 Å². The first kappa shape index (κ1) is 15.6. The molecule has 21 heavy (non-hydrogen) atoms. The van der Waals surface area contributed by atoms with E-state index in [1.165, 1.54) is 22.3 Å². The zero-order chi connectivity index (χ0) is 15.4. The van der Waals surface area contributed by atoms with Crippen LogP contribution in [0, 0.1) is 20.8 Å². The van der Waals surface area contributed by atoms with Gasteiger partial charge in [-0.3, -0.25) is 0 Å². The number of nitrogens with two attached hydrogens (primary N) is 1. The van der Waals surface area contributed by atoms with Crippen LogP contribution in [-0.2, 0) is 6.42 Å². The summed E-state index contributed by atoms with van der Waals surface area (Å²) in [6, 6.07) is 12.5. The van der Waals surface area contributed by atoms with Crippen molar-refractivity contribution in [1.82, 2.24) is 0 Å². The highest BCUT2D eigenvalue weighted by atomic mass is 16.5. The molecule has 0 bridgehead atoms. The molecule has 0 aliphatic heterocycles. The summed E-state index contributed by atoms with van der Waals surface area (Å²) in [5.41, 5.74) is 12.8. The van der Waals surface area contributed by atoms with E-state index in [0.29, 0.717) is 6.61 Å². The van der Waals surface area contributed by atoms with E-state index in [-0.39, 0.29) is 6.04 Å². The van der Waals surface area contributed by atoms with Crippen molar-refractivity contribution < 1.29 is 4.74 Å². The number of para-hydroxylation sites is 1. The molecule has 0 aromatic heterocycles. The highest BCUT2D eigenvalue weighted by Crippen LogP contribution is 2.28. The third kappa shape index (κ3) is 3.64. The van der Waals surface area contributed by atoms with Crippen LogP contribution >= 0.6 is 0 Å². The maximum Gasteiger partial charge on any atom is 0.124 e. The van der Waals surface area contributed by atoms with Crippen molar-refractivity contribution in [2.75, 3.05) is 6.61 Å². The van der Waals surface area contributed by atoms with E-state index in [4.69, 9.17) is 10.5 Å². The summed E-state index contributed by atoms with van der Waals surface area (Å²) in [5, 5.41) is 0. The van der Waals surface area contributed by atoms with E-state index < -0.39 is 0 Å². The molecule has 0 aliphatic carbocycles. The Kier molecular flexibility index (Phi) is 5.03. The second-order valence-electron chi connectivity index (χ2n) is 5.66. The molecule has 112 valence electrons. The largest absolute Gasteiger partial charge is 0.494 e. The minimum absolute atomic E-state index is 0.0483. The fourth-order valence-corrected chi connectivity index (χ4v) is 2.94. The Balaban J connectivity index is 2.28. The highest BCUT2D eigenvalue weighted by Gasteiger charge is 2.15. The fourth-order valence-electron chi connectivity index (χ4n) is 2.94. The summed E-state index contributed by atoms with van der Waals surface area (Å²) < 4.78 is 5.70. The second kappa shape index (κ2) is 6.77. The van der Waals surface area contributed by atoms with E-state index in [0.717, 1.165) is 17.7 Å². The topological polar surface area (TPSA) is 35.2 Å². The van der Waals surface area contributed by atoms with Crippen LogP contribution in [0.5, 0.6) is 5.75 Å². The molecule has 2 aromatic carbocycles. The van der Waals surface area contributed by atoms with Gasteiger partial charge in [0.05, 0.1) is 6.61 Å². The third-order valence-electron chi connectivity index (χ3n) is 3.88. The predicted octanol–water partition coefficient (Wildman–Crippen LogP) is 4.25. The van der Waals surface area contributed by atoms with Gasteiger partial charge in [-0.1, -0.05) is 35.9 Å². The Morgan fingerprint density at radius 2 is 1.67 bits per heavy atom. The molecule has 2 N–H and O–H groups in total. The molecule has 0 fully saturated rings. The molecular weight excluding hydrogens is 258 g/mol. The molecule has 0 heterocycles. The Bertz CT molecular complexity index is 596. The Morgan fingerprint density at radius 1 is 1.05 bits per heavy atom. The highest BCUT2D eigenvalue weighted by molar-refractivity contribution is 5.41. The maximum atomic E-state index is 6.45. The second-order valence-corrected chi connectivity index (χ2v) is 5.66. The van der Waals surface area contributed by atoms with E-state index >= 15 is 0 Å². The number of benzene rings is 2. The predicted molar refractivity (Wildman–Crippen MR) is 88.9 cm³/mol. The summed E-state index contributed by atoms with van der Waals surface area (Å²) in [4.78, 5) is 0. The SMILES string of the molecule is CCOc1ccccc1C(N)Cc1c(C)cc(C)cc1C. The third-order valence-corrected chi connectivity index (χ3v) is 3.88. The lowest BCUT2D eigenvalue weighted by atomic mass is 9.92. The van der Waals surface area contributed by atoms with Gasteiger partial charge in [0.1, 0.15) is 5.75 Å². The number of rotatable bonds is 5. The molecule has 1 atom stereocenters. The fraction of sp³-hybridized carbons (Fsp3) is 0.368. The van der Waals surface area contributed by atoms with Crippen molar-refractivity contribution in [1.29, 1.82) is 0 Å². The smallest absolute Gasteiger partial charge is 0.124 e. The number of aryl methyl sites for hydroxylation is 3. The number of ether oxygens (including phenoxy) is 1. The first-order chi connectivity index (χ1) is 10.0. The van der Waals surface area contributed by atoms with Crippen molar-refractivity contribution in [2.24, 2.45) is 5.73 Å². The number of hydrogen-bond acceptors (Lipinski definition) is 2. The Hall–Kier alpha value is -1.80. The Morgan fingerprint density at radius 3 is 2.29 bits per heavy atom. The summed E-state index contributed by atoms with van der Waals surface area (Å²) in [6.45, 7) is 9.12. The summed E-state index contributed by atoms with van der Waals surface area (Å²) >= 11 is 0. The van der Waals surface area contributed by atoms with Gasteiger partial charge in [0.15, 0.2) is 0 Å². The van der Waals surface area contributed by atoms with Crippen LogP contribution in [0.2, 0.25) is 0 Å². The van der Waals surface area contributed by atoms with Crippen molar-refractivity contribution in [3.8, 4) is 5.75 Å². The van der Waals surface area contributed by atoms with Crippen molar-refractivity contribution >= 4 is 0 Å². The molecule has 1 unspecified atom stereocenters. The molecule has 0 radical (unpaired) electrons. The summed E-state index contributed by atoms with van der Waals surface area (Å²) in [5.74, 6) is 0.898. The van der Waals surface area contributed by atoms with Gasteiger partial charge >= 0.3 is 0 Å². The first-order valence-electron chi connectivity index (χ1n) is 7.57. The van der Waals surface area contributed by atoms with Crippen LogP contribution in [0.25, 0.3) is 0 Å². The maximum absolute atomic E-state index is 6.45.